The number of fused-ring (bicyclic) bond motifs is 1. The Hall–Kier alpha value is -2.44. The lowest BCUT2D eigenvalue weighted by atomic mass is 10.2. The fourth-order valence-corrected chi connectivity index (χ4v) is 4.17. The Bertz CT molecular complexity index is 1070. The number of benzene rings is 2. The average Bonchev–Trinajstić information content (AvgIpc) is 3.22. The highest BCUT2D eigenvalue weighted by Gasteiger charge is 2.19. The third-order valence-electron chi connectivity index (χ3n) is 4.23. The van der Waals surface area contributed by atoms with Crippen LogP contribution in [0.15, 0.2) is 65.3 Å². The minimum Gasteiger partial charge on any atom is -0.347 e. The topological polar surface area (TPSA) is 46.4 Å². The normalized spacial score (nSPS) is 11.0. The summed E-state index contributed by atoms with van der Waals surface area (Å²) < 4.78 is 3.08. The van der Waals surface area contributed by atoms with Crippen molar-refractivity contribution in [2.45, 2.75) is 13.5 Å². The van der Waals surface area contributed by atoms with E-state index in [4.69, 9.17) is 0 Å². The van der Waals surface area contributed by atoms with Gasteiger partial charge in [-0.25, -0.2) is 4.98 Å². The van der Waals surface area contributed by atoms with Crippen molar-refractivity contribution >= 4 is 38.1 Å². The Morgan fingerprint density at radius 2 is 1.88 bits per heavy atom. The van der Waals surface area contributed by atoms with Crippen LogP contribution in [0.1, 0.15) is 20.9 Å². The van der Waals surface area contributed by atoms with Gasteiger partial charge < -0.3 is 5.32 Å². The number of halogens is 1. The quantitative estimate of drug-likeness (QED) is 0.496. The molecule has 0 fully saturated rings. The molecule has 0 radical (unpaired) electrons. The Kier molecular flexibility index (Phi) is 4.61. The lowest BCUT2D eigenvalue weighted by molar-refractivity contribution is 0.0954. The molecule has 4 nitrogen and oxygen atoms in total. The van der Waals surface area contributed by atoms with Crippen LogP contribution in [0.3, 0.4) is 0 Å². The lowest BCUT2D eigenvalue weighted by Crippen LogP contribution is -2.22. The largest absolute Gasteiger partial charge is 0.347 e. The minimum absolute atomic E-state index is 0.0661. The molecule has 0 bridgehead atoms. The van der Waals surface area contributed by atoms with E-state index < -0.39 is 0 Å². The molecule has 4 rings (SSSR count). The predicted octanol–water partition coefficient (Wildman–Crippen LogP) is 5.06. The zero-order valence-electron chi connectivity index (χ0n) is 14.1. The molecule has 130 valence electrons. The monoisotopic (exact) mass is 425 g/mol. The van der Waals surface area contributed by atoms with Gasteiger partial charge in [-0.05, 0) is 24.6 Å². The molecule has 0 aliphatic rings. The van der Waals surface area contributed by atoms with Gasteiger partial charge in [-0.1, -0.05) is 69.7 Å². The van der Waals surface area contributed by atoms with Crippen molar-refractivity contribution in [1.29, 1.82) is 0 Å². The summed E-state index contributed by atoms with van der Waals surface area (Å²) in [6, 6.07) is 18.0. The number of nitrogens with one attached hydrogen (secondary N) is 1. The van der Waals surface area contributed by atoms with Gasteiger partial charge in [0.25, 0.3) is 5.91 Å². The van der Waals surface area contributed by atoms with E-state index in [-0.39, 0.29) is 5.91 Å². The van der Waals surface area contributed by atoms with Crippen LogP contribution in [0.5, 0.6) is 0 Å². The first-order valence-electron chi connectivity index (χ1n) is 8.18. The van der Waals surface area contributed by atoms with Crippen LogP contribution in [0.25, 0.3) is 16.2 Å². The average molecular weight is 426 g/mol. The molecular formula is C20H16BrN3OS. The number of hydrogen-bond acceptors (Lipinski definition) is 3. The first-order chi connectivity index (χ1) is 12.6. The Labute approximate surface area is 163 Å². The van der Waals surface area contributed by atoms with Gasteiger partial charge in [0, 0.05) is 22.3 Å². The molecule has 0 unspecified atom stereocenters. The molecule has 2 heterocycles. The highest BCUT2D eigenvalue weighted by atomic mass is 79.9. The fraction of sp³-hybridized carbons (Fsp3) is 0.100. The van der Waals surface area contributed by atoms with Crippen LogP contribution in [0, 0.1) is 6.92 Å². The molecule has 6 heteroatoms. The maximum absolute atomic E-state index is 12.7. The number of carbonyl (C=O) groups is 1. The zero-order valence-corrected chi connectivity index (χ0v) is 16.5. The predicted molar refractivity (Wildman–Crippen MR) is 109 cm³/mol. The molecule has 4 aromatic rings. The summed E-state index contributed by atoms with van der Waals surface area (Å²) in [5.74, 6) is -0.0661. The summed E-state index contributed by atoms with van der Waals surface area (Å²) >= 11 is 4.88. The second-order valence-electron chi connectivity index (χ2n) is 5.95. The lowest BCUT2D eigenvalue weighted by Gasteiger charge is -2.05. The molecule has 26 heavy (non-hydrogen) atoms. The SMILES string of the molecule is Cc1c(C(=O)NCc2ccccc2)sc2ncc(-c3ccc(Br)cc3)n12. The summed E-state index contributed by atoms with van der Waals surface area (Å²) in [4.78, 5) is 18.7. The molecular weight excluding hydrogens is 410 g/mol. The maximum atomic E-state index is 12.7. The molecule has 1 amide bonds. The second-order valence-corrected chi connectivity index (χ2v) is 7.85. The van der Waals surface area contributed by atoms with Crippen LogP contribution < -0.4 is 5.32 Å². The number of amides is 1. The van der Waals surface area contributed by atoms with Gasteiger partial charge in [0.15, 0.2) is 4.96 Å². The molecule has 0 spiro atoms. The van der Waals surface area contributed by atoms with Crippen LogP contribution in [0.2, 0.25) is 0 Å². The number of rotatable bonds is 4. The second kappa shape index (κ2) is 7.05. The van der Waals surface area contributed by atoms with Crippen LogP contribution in [-0.2, 0) is 6.54 Å². The van der Waals surface area contributed by atoms with Crippen LogP contribution in [-0.4, -0.2) is 15.3 Å². The Balaban J connectivity index is 1.63. The van der Waals surface area contributed by atoms with E-state index >= 15 is 0 Å². The number of imidazole rings is 1. The number of carbonyl (C=O) groups excluding carboxylic acids is 1. The van der Waals surface area contributed by atoms with Crippen molar-refractivity contribution in [2.24, 2.45) is 0 Å². The van der Waals surface area contributed by atoms with Gasteiger partial charge in [-0.15, -0.1) is 0 Å². The molecule has 0 saturated heterocycles. The highest BCUT2D eigenvalue weighted by molar-refractivity contribution is 9.10. The van der Waals surface area contributed by atoms with E-state index in [1.807, 2.05) is 72.1 Å². The van der Waals surface area contributed by atoms with E-state index in [9.17, 15) is 4.79 Å². The van der Waals surface area contributed by atoms with E-state index in [0.717, 1.165) is 31.9 Å². The van der Waals surface area contributed by atoms with E-state index in [0.29, 0.717) is 11.4 Å². The standard InChI is InChI=1S/C20H16BrN3OS/c1-13-18(19(25)22-11-14-5-3-2-4-6-14)26-20-23-12-17(24(13)20)15-7-9-16(21)10-8-15/h2-10,12H,11H2,1H3,(H,22,25). The fourth-order valence-electron chi connectivity index (χ4n) is 2.89. The van der Waals surface area contributed by atoms with Crippen molar-refractivity contribution < 1.29 is 4.79 Å². The molecule has 2 aromatic heterocycles. The van der Waals surface area contributed by atoms with Crippen molar-refractivity contribution in [1.82, 2.24) is 14.7 Å². The Morgan fingerprint density at radius 1 is 1.15 bits per heavy atom. The Morgan fingerprint density at radius 3 is 2.62 bits per heavy atom. The van der Waals surface area contributed by atoms with Gasteiger partial charge >= 0.3 is 0 Å². The molecule has 0 aliphatic heterocycles. The smallest absolute Gasteiger partial charge is 0.263 e. The van der Waals surface area contributed by atoms with Gasteiger partial charge in [-0.2, -0.15) is 0 Å². The number of thiazole rings is 1. The summed E-state index contributed by atoms with van der Waals surface area (Å²) in [6.45, 7) is 2.48. The van der Waals surface area contributed by atoms with Crippen LogP contribution >= 0.6 is 27.3 Å². The molecule has 0 aliphatic carbocycles. The first kappa shape index (κ1) is 17.0. The number of hydrogen-bond donors (Lipinski definition) is 1. The summed E-state index contributed by atoms with van der Waals surface area (Å²) in [7, 11) is 0. The van der Waals surface area contributed by atoms with E-state index in [1.165, 1.54) is 11.3 Å². The van der Waals surface area contributed by atoms with E-state index in [1.54, 1.807) is 0 Å². The third-order valence-corrected chi connectivity index (χ3v) is 5.91. The zero-order chi connectivity index (χ0) is 18.1. The van der Waals surface area contributed by atoms with Gasteiger partial charge in [-0.3, -0.25) is 9.20 Å². The maximum Gasteiger partial charge on any atom is 0.263 e. The highest BCUT2D eigenvalue weighted by Crippen LogP contribution is 2.29. The van der Waals surface area contributed by atoms with Crippen molar-refractivity contribution in [3.63, 3.8) is 0 Å². The van der Waals surface area contributed by atoms with Gasteiger partial charge in [0.2, 0.25) is 0 Å². The van der Waals surface area contributed by atoms with Crippen molar-refractivity contribution in [2.75, 3.05) is 0 Å². The van der Waals surface area contributed by atoms with Gasteiger partial charge in [0.1, 0.15) is 4.88 Å². The van der Waals surface area contributed by atoms with Crippen LogP contribution in [0.4, 0.5) is 0 Å². The summed E-state index contributed by atoms with van der Waals surface area (Å²) in [5.41, 5.74) is 4.04. The summed E-state index contributed by atoms with van der Waals surface area (Å²) in [6.07, 6.45) is 1.85. The molecule has 2 aromatic carbocycles. The number of nitrogens with zero attached hydrogens (tertiary/aromatic N) is 2. The van der Waals surface area contributed by atoms with E-state index in [2.05, 4.69) is 26.2 Å². The minimum atomic E-state index is -0.0661. The van der Waals surface area contributed by atoms with Crippen molar-refractivity contribution in [3.05, 3.63) is 81.4 Å². The summed E-state index contributed by atoms with van der Waals surface area (Å²) in [5, 5.41) is 3.00. The van der Waals surface area contributed by atoms with Gasteiger partial charge in [0.05, 0.1) is 11.9 Å². The number of aromatic nitrogens is 2. The van der Waals surface area contributed by atoms with Crippen molar-refractivity contribution in [3.8, 4) is 11.3 Å². The molecule has 1 N–H and O–H groups in total. The third kappa shape index (κ3) is 3.18. The first-order valence-corrected chi connectivity index (χ1v) is 9.79. The molecule has 0 saturated carbocycles. The molecule has 0 atom stereocenters. The number of aryl methyl sites for hydroxylation is 1.